The Labute approximate surface area is 169 Å². The molecule has 0 spiro atoms. The molecule has 3 rings (SSSR count). The van der Waals surface area contributed by atoms with Gasteiger partial charge < -0.3 is 18.4 Å². The first-order valence-corrected chi connectivity index (χ1v) is 7.19. The Balaban J connectivity index is 0.000000639. The first kappa shape index (κ1) is 18.1. The van der Waals surface area contributed by atoms with Crippen LogP contribution in [-0.4, -0.2) is 11.2 Å². The van der Waals surface area contributed by atoms with Crippen molar-refractivity contribution in [3.05, 3.63) is 47.6 Å². The molecule has 0 unspecified atom stereocenters. The van der Waals surface area contributed by atoms with Crippen LogP contribution in [0.4, 0.5) is 9.52 Å². The molecular weight excluding hydrogens is 318 g/mol. The fourth-order valence-electron chi connectivity index (χ4n) is 1.83. The summed E-state index contributed by atoms with van der Waals surface area (Å²) in [5.41, 5.74) is 6.59. The van der Waals surface area contributed by atoms with Crippen LogP contribution in [0.15, 0.2) is 42.5 Å². The number of hydrogen-bond donors (Lipinski definition) is 1. The largest absolute Gasteiger partial charge is 1.00 e. The summed E-state index contributed by atoms with van der Waals surface area (Å²) in [6.45, 7) is 0. The van der Waals surface area contributed by atoms with Gasteiger partial charge in [-0.2, -0.15) is 10.6 Å². The van der Waals surface area contributed by atoms with E-state index in [1.165, 1.54) is 0 Å². The Morgan fingerprint density at radius 1 is 1.10 bits per heavy atom. The maximum atomic E-state index is 13.6. The SMILES string of the molecule is C[S-].Nc1nc(-c2ccc3ccccc3c2)c(F)s1.[K+]. The second-order valence-corrected chi connectivity index (χ2v) is 4.72. The molecule has 1 heterocycles. The van der Waals surface area contributed by atoms with E-state index in [-0.39, 0.29) is 61.6 Å². The fourth-order valence-corrected chi connectivity index (χ4v) is 2.41. The Morgan fingerprint density at radius 2 is 1.75 bits per heavy atom. The summed E-state index contributed by atoms with van der Waals surface area (Å²) in [6.07, 6.45) is 1.58. The number of nitrogens with two attached hydrogens (primary N) is 1. The molecule has 0 amide bonds. The van der Waals surface area contributed by atoms with Crippen molar-refractivity contribution in [2.75, 3.05) is 12.0 Å². The van der Waals surface area contributed by atoms with Gasteiger partial charge in [-0.1, -0.05) is 47.7 Å². The Hall–Kier alpha value is 0.0464. The van der Waals surface area contributed by atoms with Gasteiger partial charge in [0.25, 0.3) is 0 Å². The normalized spacial score (nSPS) is 9.55. The van der Waals surface area contributed by atoms with Gasteiger partial charge in [-0.3, -0.25) is 0 Å². The van der Waals surface area contributed by atoms with Crippen molar-refractivity contribution in [1.82, 2.24) is 4.98 Å². The van der Waals surface area contributed by atoms with E-state index >= 15 is 0 Å². The molecule has 2 nitrogen and oxygen atoms in total. The molecule has 2 N–H and O–H groups in total. The molecule has 20 heavy (non-hydrogen) atoms. The van der Waals surface area contributed by atoms with Crippen LogP contribution in [0.3, 0.4) is 0 Å². The van der Waals surface area contributed by atoms with E-state index in [0.29, 0.717) is 5.69 Å². The van der Waals surface area contributed by atoms with Crippen LogP contribution < -0.4 is 57.1 Å². The van der Waals surface area contributed by atoms with Gasteiger partial charge in [0.15, 0.2) is 5.13 Å². The Kier molecular flexibility index (Phi) is 7.67. The third kappa shape index (κ3) is 4.04. The maximum absolute atomic E-state index is 13.6. The average molecular weight is 330 g/mol. The zero-order chi connectivity index (χ0) is 13.8. The molecule has 0 saturated heterocycles. The third-order valence-electron chi connectivity index (χ3n) is 2.63. The Morgan fingerprint density at radius 3 is 2.35 bits per heavy atom. The molecule has 2 aromatic carbocycles. The van der Waals surface area contributed by atoms with Gasteiger partial charge in [0, 0.05) is 5.56 Å². The molecule has 0 atom stereocenters. The molecule has 0 fully saturated rings. The molecule has 0 aliphatic carbocycles. The zero-order valence-electron chi connectivity index (χ0n) is 11.3. The predicted octanol–water partition coefficient (Wildman–Crippen LogP) is 0.852. The summed E-state index contributed by atoms with van der Waals surface area (Å²) >= 11 is 4.95. The van der Waals surface area contributed by atoms with Crippen LogP contribution in [0.2, 0.25) is 0 Å². The number of hydrogen-bond acceptors (Lipinski definition) is 4. The van der Waals surface area contributed by atoms with Crippen molar-refractivity contribution in [3.8, 4) is 11.3 Å². The number of anilines is 1. The molecular formula is C14H12FKN2S2. The smallest absolute Gasteiger partial charge is 0.796 e. The summed E-state index contributed by atoms with van der Waals surface area (Å²) in [5, 5.41) is 2.11. The number of nitrogens with zero attached hydrogens (tertiary/aromatic N) is 1. The number of benzene rings is 2. The maximum Gasteiger partial charge on any atom is 1.00 e. The van der Waals surface area contributed by atoms with Crippen LogP contribution in [0.1, 0.15) is 0 Å². The van der Waals surface area contributed by atoms with E-state index in [2.05, 4.69) is 17.6 Å². The van der Waals surface area contributed by atoms with Crippen LogP contribution in [-0.2, 0) is 12.6 Å². The van der Waals surface area contributed by atoms with E-state index in [9.17, 15) is 4.39 Å². The second kappa shape index (κ2) is 8.48. The molecule has 3 aromatic rings. The van der Waals surface area contributed by atoms with Crippen molar-refractivity contribution < 1.29 is 55.8 Å². The van der Waals surface area contributed by atoms with E-state index in [4.69, 9.17) is 5.73 Å². The number of aromatic nitrogens is 1. The van der Waals surface area contributed by atoms with Crippen molar-refractivity contribution in [2.24, 2.45) is 0 Å². The average Bonchev–Trinajstić information content (AvgIpc) is 2.79. The number of fused-ring (bicyclic) bond motifs is 1. The van der Waals surface area contributed by atoms with E-state index < -0.39 is 0 Å². The minimum absolute atomic E-state index is 0. The summed E-state index contributed by atoms with van der Waals surface area (Å²) < 4.78 is 13.6. The van der Waals surface area contributed by atoms with E-state index in [0.717, 1.165) is 27.7 Å². The first-order valence-electron chi connectivity index (χ1n) is 5.56. The van der Waals surface area contributed by atoms with E-state index in [1.807, 2.05) is 42.5 Å². The van der Waals surface area contributed by atoms with Crippen LogP contribution in [0.25, 0.3) is 22.0 Å². The number of halogens is 1. The van der Waals surface area contributed by atoms with Gasteiger partial charge in [0.2, 0.25) is 5.13 Å². The topological polar surface area (TPSA) is 38.9 Å². The number of nitrogen functional groups attached to an aromatic ring is 1. The number of thiazole rings is 1. The first-order chi connectivity index (χ1) is 9.24. The fraction of sp³-hybridized carbons (Fsp3) is 0.0714. The van der Waals surface area contributed by atoms with Crippen molar-refractivity contribution in [2.45, 2.75) is 0 Å². The van der Waals surface area contributed by atoms with Gasteiger partial charge in [0.05, 0.1) is 0 Å². The van der Waals surface area contributed by atoms with Gasteiger partial charge in [-0.15, -0.1) is 0 Å². The van der Waals surface area contributed by atoms with Gasteiger partial charge >= 0.3 is 51.4 Å². The third-order valence-corrected chi connectivity index (χ3v) is 3.30. The number of rotatable bonds is 1. The van der Waals surface area contributed by atoms with E-state index in [1.54, 1.807) is 6.26 Å². The minimum Gasteiger partial charge on any atom is -0.796 e. The summed E-state index contributed by atoms with van der Waals surface area (Å²) in [6, 6.07) is 13.7. The molecule has 0 aliphatic heterocycles. The molecule has 6 heteroatoms. The van der Waals surface area contributed by atoms with Crippen molar-refractivity contribution in [3.63, 3.8) is 0 Å². The summed E-state index contributed by atoms with van der Waals surface area (Å²) in [7, 11) is 0. The molecule has 1 aromatic heterocycles. The van der Waals surface area contributed by atoms with Crippen molar-refractivity contribution >= 4 is 39.9 Å². The van der Waals surface area contributed by atoms with Gasteiger partial charge in [-0.25, -0.2) is 4.98 Å². The monoisotopic (exact) mass is 330 g/mol. The standard InChI is InChI=1S/C13H9FN2S.CH4S.K/c14-12-11(16-13(15)17-12)10-6-5-8-3-1-2-4-9(8)7-10;1-2;/h1-7H,(H2,15,16);2H,1H3;/q;;+1/p-1. The zero-order valence-corrected chi connectivity index (χ0v) is 16.0. The van der Waals surface area contributed by atoms with Crippen LogP contribution in [0.5, 0.6) is 0 Å². The molecule has 0 saturated carbocycles. The van der Waals surface area contributed by atoms with Crippen LogP contribution >= 0.6 is 11.3 Å². The molecule has 98 valence electrons. The van der Waals surface area contributed by atoms with Gasteiger partial charge in [-0.05, 0) is 16.8 Å². The minimum atomic E-state index is -0.335. The quantitative estimate of drug-likeness (QED) is 0.531. The Bertz CT molecular complexity index is 700. The molecule has 0 bridgehead atoms. The summed E-state index contributed by atoms with van der Waals surface area (Å²) in [4.78, 5) is 4.01. The van der Waals surface area contributed by atoms with Crippen molar-refractivity contribution in [1.29, 1.82) is 0 Å². The predicted molar refractivity (Wildman–Crippen MR) is 82.7 cm³/mol. The molecule has 0 radical (unpaired) electrons. The van der Waals surface area contributed by atoms with Crippen LogP contribution in [0, 0.1) is 5.13 Å². The second-order valence-electron chi connectivity index (χ2n) is 3.74. The molecule has 0 aliphatic rings. The summed E-state index contributed by atoms with van der Waals surface area (Å²) in [5.74, 6) is 0. The van der Waals surface area contributed by atoms with Gasteiger partial charge in [0.1, 0.15) is 5.69 Å².